The van der Waals surface area contributed by atoms with Gasteiger partial charge in [-0.3, -0.25) is 4.68 Å². The number of rotatable bonds is 3. The van der Waals surface area contributed by atoms with Crippen molar-refractivity contribution in [3.05, 3.63) is 60.3 Å². The van der Waals surface area contributed by atoms with Crippen LogP contribution in [0.25, 0.3) is 28.1 Å². The molecule has 0 saturated carbocycles. The summed E-state index contributed by atoms with van der Waals surface area (Å²) in [5, 5.41) is 12.6. The van der Waals surface area contributed by atoms with Crippen LogP contribution in [0.2, 0.25) is 0 Å². The van der Waals surface area contributed by atoms with E-state index in [2.05, 4.69) is 62.2 Å². The van der Waals surface area contributed by atoms with E-state index < -0.39 is 0 Å². The monoisotopic (exact) mass is 344 g/mol. The Hall–Kier alpha value is -3.55. The van der Waals surface area contributed by atoms with Crippen LogP contribution < -0.4 is 0 Å². The van der Waals surface area contributed by atoms with Crippen molar-refractivity contribution in [2.45, 2.75) is 13.5 Å². The molecular weight excluding hydrogens is 328 g/mol. The summed E-state index contributed by atoms with van der Waals surface area (Å²) < 4.78 is 5.69. The van der Waals surface area contributed by atoms with E-state index in [1.807, 2.05) is 13.2 Å². The Labute approximate surface area is 148 Å². The van der Waals surface area contributed by atoms with Gasteiger partial charge in [0.2, 0.25) is 5.65 Å². The summed E-state index contributed by atoms with van der Waals surface area (Å²) in [4.78, 5) is 9.09. The van der Waals surface area contributed by atoms with Crippen LogP contribution in [0.1, 0.15) is 11.3 Å². The van der Waals surface area contributed by atoms with Crippen LogP contribution in [0.4, 0.5) is 0 Å². The number of aromatic nitrogens is 8. The molecule has 26 heavy (non-hydrogen) atoms. The summed E-state index contributed by atoms with van der Waals surface area (Å²) in [6.07, 6.45) is 7.50. The maximum absolute atomic E-state index is 4.70. The van der Waals surface area contributed by atoms with Gasteiger partial charge in [0.15, 0.2) is 5.65 Å². The van der Waals surface area contributed by atoms with E-state index in [1.165, 1.54) is 11.2 Å². The minimum absolute atomic E-state index is 0.538. The molecule has 0 atom stereocenters. The third kappa shape index (κ3) is 2.34. The van der Waals surface area contributed by atoms with Gasteiger partial charge in [-0.2, -0.15) is 5.10 Å². The highest BCUT2D eigenvalue weighted by molar-refractivity contribution is 5.69. The van der Waals surface area contributed by atoms with Crippen molar-refractivity contribution < 1.29 is 0 Å². The molecule has 5 rings (SSSR count). The number of nitrogens with zero attached hydrogens (tertiary/aromatic N) is 8. The van der Waals surface area contributed by atoms with Crippen LogP contribution in [0.15, 0.2) is 49.1 Å². The third-order valence-corrected chi connectivity index (χ3v) is 4.48. The summed E-state index contributed by atoms with van der Waals surface area (Å²) in [7, 11) is 1.88. The largest absolute Gasteiger partial charge is 0.321 e. The molecule has 0 N–H and O–H groups in total. The lowest BCUT2D eigenvalue weighted by atomic mass is 10.2. The smallest absolute Gasteiger partial charge is 0.221 e. The fraction of sp³-hybridized carbons (Fsp3) is 0.167. The van der Waals surface area contributed by atoms with Crippen molar-refractivity contribution in [3.8, 4) is 11.3 Å². The Morgan fingerprint density at radius 1 is 1.04 bits per heavy atom. The predicted molar refractivity (Wildman–Crippen MR) is 96.6 cm³/mol. The Kier molecular flexibility index (Phi) is 3.11. The number of pyridine rings is 1. The standard InChI is InChI=1S/C18H16N8/c1-12-3-5-15-6-4-13(9-25(12)15)10-26-18-17(22-23-26)19-8-16(21-18)14-7-20-24(2)11-14/h3-9,11H,10H2,1-2H3. The molecule has 0 saturated heterocycles. The first-order valence-electron chi connectivity index (χ1n) is 8.29. The topological polar surface area (TPSA) is 78.7 Å². The van der Waals surface area contributed by atoms with Crippen LogP contribution in [0.5, 0.6) is 0 Å². The Morgan fingerprint density at radius 2 is 1.92 bits per heavy atom. The molecule has 8 nitrogen and oxygen atoms in total. The fourth-order valence-corrected chi connectivity index (χ4v) is 3.10. The lowest BCUT2D eigenvalue weighted by Gasteiger charge is -2.05. The SMILES string of the molecule is Cc1ccc2ccc(Cn3nnc4ncc(-c5cnn(C)c5)nc43)cn12. The van der Waals surface area contributed by atoms with E-state index in [9.17, 15) is 0 Å². The van der Waals surface area contributed by atoms with Crippen molar-refractivity contribution in [1.82, 2.24) is 39.1 Å². The molecule has 0 aliphatic heterocycles. The van der Waals surface area contributed by atoms with Crippen molar-refractivity contribution in [2.75, 3.05) is 0 Å². The molecule has 0 fully saturated rings. The normalized spacial score (nSPS) is 11.6. The summed E-state index contributed by atoms with van der Waals surface area (Å²) in [5.74, 6) is 0. The van der Waals surface area contributed by atoms with Crippen molar-refractivity contribution in [3.63, 3.8) is 0 Å². The van der Waals surface area contributed by atoms with Crippen LogP contribution in [-0.4, -0.2) is 39.1 Å². The summed E-state index contributed by atoms with van der Waals surface area (Å²) in [6, 6.07) is 8.42. The molecule has 0 unspecified atom stereocenters. The van der Waals surface area contributed by atoms with Crippen molar-refractivity contribution >= 4 is 16.8 Å². The lowest BCUT2D eigenvalue weighted by Crippen LogP contribution is -2.04. The first-order chi connectivity index (χ1) is 12.7. The molecular formula is C18H16N8. The van der Waals surface area contributed by atoms with Gasteiger partial charge in [0.05, 0.1) is 24.6 Å². The van der Waals surface area contributed by atoms with Gasteiger partial charge < -0.3 is 4.40 Å². The van der Waals surface area contributed by atoms with E-state index in [0.29, 0.717) is 17.8 Å². The summed E-state index contributed by atoms with van der Waals surface area (Å²) >= 11 is 0. The van der Waals surface area contributed by atoms with Gasteiger partial charge in [0.1, 0.15) is 0 Å². The molecule has 0 spiro atoms. The minimum Gasteiger partial charge on any atom is -0.321 e. The van der Waals surface area contributed by atoms with Gasteiger partial charge in [0.25, 0.3) is 0 Å². The maximum Gasteiger partial charge on any atom is 0.221 e. The average Bonchev–Trinajstić information content (AvgIpc) is 3.35. The highest BCUT2D eigenvalue weighted by Crippen LogP contribution is 2.18. The second-order valence-electron chi connectivity index (χ2n) is 6.36. The zero-order valence-corrected chi connectivity index (χ0v) is 14.4. The number of hydrogen-bond donors (Lipinski definition) is 0. The second-order valence-corrected chi connectivity index (χ2v) is 6.36. The van der Waals surface area contributed by atoms with Crippen LogP contribution in [0.3, 0.4) is 0 Å². The molecule has 5 heterocycles. The fourth-order valence-electron chi connectivity index (χ4n) is 3.10. The molecule has 0 radical (unpaired) electrons. The van der Waals surface area contributed by atoms with Crippen molar-refractivity contribution in [2.24, 2.45) is 7.05 Å². The van der Waals surface area contributed by atoms with Crippen LogP contribution >= 0.6 is 0 Å². The molecule has 0 aromatic carbocycles. The third-order valence-electron chi connectivity index (χ3n) is 4.48. The Morgan fingerprint density at radius 3 is 2.77 bits per heavy atom. The van der Waals surface area contributed by atoms with Gasteiger partial charge in [-0.25, -0.2) is 14.6 Å². The summed E-state index contributed by atoms with van der Waals surface area (Å²) in [6.45, 7) is 2.67. The zero-order valence-electron chi connectivity index (χ0n) is 14.4. The zero-order chi connectivity index (χ0) is 17.7. The highest BCUT2D eigenvalue weighted by Gasteiger charge is 2.11. The lowest BCUT2D eigenvalue weighted by molar-refractivity contribution is 0.662. The number of fused-ring (bicyclic) bond motifs is 2. The van der Waals surface area contributed by atoms with Gasteiger partial charge in [-0.05, 0) is 30.7 Å². The predicted octanol–water partition coefficient (Wildman–Crippen LogP) is 2.23. The van der Waals surface area contributed by atoms with Gasteiger partial charge in [0, 0.05) is 36.2 Å². The van der Waals surface area contributed by atoms with E-state index in [1.54, 1.807) is 21.8 Å². The van der Waals surface area contributed by atoms with E-state index >= 15 is 0 Å². The maximum atomic E-state index is 4.70. The molecule has 128 valence electrons. The van der Waals surface area contributed by atoms with E-state index in [-0.39, 0.29) is 0 Å². The Balaban J connectivity index is 1.56. The average molecular weight is 344 g/mol. The first kappa shape index (κ1) is 14.8. The minimum atomic E-state index is 0.538. The van der Waals surface area contributed by atoms with E-state index in [4.69, 9.17) is 4.98 Å². The molecule has 5 aromatic rings. The second kappa shape index (κ2) is 5.48. The van der Waals surface area contributed by atoms with Crippen molar-refractivity contribution in [1.29, 1.82) is 0 Å². The van der Waals surface area contributed by atoms with Gasteiger partial charge >= 0.3 is 0 Å². The molecule has 8 heteroatoms. The molecule has 0 aliphatic carbocycles. The number of hydrogen-bond acceptors (Lipinski definition) is 5. The van der Waals surface area contributed by atoms with Crippen LogP contribution in [-0.2, 0) is 13.6 Å². The molecule has 0 bridgehead atoms. The highest BCUT2D eigenvalue weighted by atomic mass is 15.4. The molecule has 5 aromatic heterocycles. The van der Waals surface area contributed by atoms with E-state index in [0.717, 1.165) is 16.8 Å². The number of aryl methyl sites for hydroxylation is 2. The van der Waals surface area contributed by atoms with Crippen LogP contribution in [0, 0.1) is 6.92 Å². The van der Waals surface area contributed by atoms with Gasteiger partial charge in [-0.15, -0.1) is 5.10 Å². The molecule has 0 aliphatic rings. The first-order valence-corrected chi connectivity index (χ1v) is 8.29. The molecule has 0 amide bonds. The quantitative estimate of drug-likeness (QED) is 0.501. The summed E-state index contributed by atoms with van der Waals surface area (Å²) in [5.41, 5.74) is 6.37. The Bertz CT molecular complexity index is 1240. The van der Waals surface area contributed by atoms with Gasteiger partial charge in [-0.1, -0.05) is 11.3 Å².